The first-order chi connectivity index (χ1) is 9.02. The first-order valence-corrected chi connectivity index (χ1v) is 8.81. The standard InChI is InChI=1S/C13H20N2O2S2/c1-4-19(17)8-7-15-12(14-10(3)13(15)16)11-6-5-9(2)18-11/h5-6,10,12,14H,4,7-8H2,1-3H3. The molecule has 19 heavy (non-hydrogen) atoms. The summed E-state index contributed by atoms with van der Waals surface area (Å²) in [6.07, 6.45) is -0.0601. The predicted molar refractivity (Wildman–Crippen MR) is 79.7 cm³/mol. The number of nitrogens with zero attached hydrogens (tertiary/aromatic N) is 1. The van der Waals surface area contributed by atoms with Crippen LogP contribution < -0.4 is 5.32 Å². The number of hydrogen-bond donors (Lipinski definition) is 1. The molecule has 0 spiro atoms. The molecule has 0 saturated carbocycles. The van der Waals surface area contributed by atoms with Crippen LogP contribution in [0.2, 0.25) is 0 Å². The number of amides is 1. The monoisotopic (exact) mass is 300 g/mol. The van der Waals surface area contributed by atoms with Crippen LogP contribution in [-0.4, -0.2) is 39.1 Å². The fourth-order valence-electron chi connectivity index (χ4n) is 2.19. The fraction of sp³-hybridized carbons (Fsp3) is 0.615. The molecule has 3 atom stereocenters. The average molecular weight is 300 g/mol. The second-order valence-corrected chi connectivity index (χ2v) is 7.89. The van der Waals surface area contributed by atoms with Crippen LogP contribution >= 0.6 is 11.3 Å². The lowest BCUT2D eigenvalue weighted by atomic mass is 10.3. The molecule has 3 unspecified atom stereocenters. The first-order valence-electron chi connectivity index (χ1n) is 6.50. The number of nitrogens with one attached hydrogen (secondary N) is 1. The van der Waals surface area contributed by atoms with Crippen molar-refractivity contribution in [3.63, 3.8) is 0 Å². The second-order valence-electron chi connectivity index (χ2n) is 4.70. The summed E-state index contributed by atoms with van der Waals surface area (Å²) in [5.41, 5.74) is 0. The molecule has 2 rings (SSSR count). The summed E-state index contributed by atoms with van der Waals surface area (Å²) >= 11 is 1.70. The van der Waals surface area contributed by atoms with Gasteiger partial charge in [0.15, 0.2) is 0 Å². The Morgan fingerprint density at radius 2 is 2.21 bits per heavy atom. The van der Waals surface area contributed by atoms with Crippen LogP contribution in [0, 0.1) is 6.92 Å². The van der Waals surface area contributed by atoms with E-state index in [-0.39, 0.29) is 18.1 Å². The quantitative estimate of drug-likeness (QED) is 0.899. The van der Waals surface area contributed by atoms with Crippen molar-refractivity contribution < 1.29 is 9.00 Å². The molecule has 1 aliphatic rings. The molecule has 4 nitrogen and oxygen atoms in total. The third kappa shape index (κ3) is 3.24. The molecular weight excluding hydrogens is 280 g/mol. The zero-order valence-corrected chi connectivity index (χ0v) is 13.1. The summed E-state index contributed by atoms with van der Waals surface area (Å²) < 4.78 is 11.6. The van der Waals surface area contributed by atoms with Crippen LogP contribution in [0.15, 0.2) is 12.1 Å². The van der Waals surface area contributed by atoms with E-state index in [9.17, 15) is 9.00 Å². The summed E-state index contributed by atoms with van der Waals surface area (Å²) in [7, 11) is -0.834. The van der Waals surface area contributed by atoms with Crippen molar-refractivity contribution in [1.82, 2.24) is 10.2 Å². The van der Waals surface area contributed by atoms with Gasteiger partial charge in [-0.25, -0.2) is 0 Å². The predicted octanol–water partition coefficient (Wildman–Crippen LogP) is 1.64. The molecule has 1 N–H and O–H groups in total. The van der Waals surface area contributed by atoms with E-state index in [2.05, 4.69) is 24.4 Å². The third-order valence-electron chi connectivity index (χ3n) is 3.29. The van der Waals surface area contributed by atoms with E-state index in [0.717, 1.165) is 4.88 Å². The molecule has 0 aliphatic carbocycles. The van der Waals surface area contributed by atoms with Gasteiger partial charge >= 0.3 is 0 Å². The number of aryl methyl sites for hydroxylation is 1. The Hall–Kier alpha value is -0.720. The Balaban J connectivity index is 2.12. The molecule has 1 saturated heterocycles. The van der Waals surface area contributed by atoms with Crippen LogP contribution in [-0.2, 0) is 15.6 Å². The summed E-state index contributed by atoms with van der Waals surface area (Å²) in [6.45, 7) is 6.40. The van der Waals surface area contributed by atoms with Gasteiger partial charge in [0.05, 0.1) is 6.04 Å². The van der Waals surface area contributed by atoms with Crippen molar-refractivity contribution in [3.05, 3.63) is 21.9 Å². The lowest BCUT2D eigenvalue weighted by molar-refractivity contribution is -0.129. The van der Waals surface area contributed by atoms with Crippen LogP contribution in [0.1, 0.15) is 29.8 Å². The van der Waals surface area contributed by atoms with Gasteiger partial charge < -0.3 is 4.90 Å². The molecule has 1 fully saturated rings. The average Bonchev–Trinajstić information content (AvgIpc) is 2.93. The molecule has 1 aliphatic heterocycles. The first kappa shape index (κ1) is 14.7. The van der Waals surface area contributed by atoms with Crippen LogP contribution in [0.4, 0.5) is 0 Å². The van der Waals surface area contributed by atoms with Gasteiger partial charge in [0, 0.05) is 38.6 Å². The van der Waals surface area contributed by atoms with Gasteiger partial charge in [0.2, 0.25) is 5.91 Å². The minimum absolute atomic E-state index is 0.0601. The normalized spacial score (nSPS) is 25.0. The maximum Gasteiger partial charge on any atom is 0.241 e. The third-order valence-corrected chi connectivity index (χ3v) is 5.62. The smallest absolute Gasteiger partial charge is 0.241 e. The zero-order valence-electron chi connectivity index (χ0n) is 11.5. The highest BCUT2D eigenvalue weighted by molar-refractivity contribution is 7.84. The van der Waals surface area contributed by atoms with E-state index in [0.29, 0.717) is 18.1 Å². The Morgan fingerprint density at radius 1 is 1.47 bits per heavy atom. The summed E-state index contributed by atoms with van der Waals surface area (Å²) in [5, 5.41) is 3.31. The summed E-state index contributed by atoms with van der Waals surface area (Å²) in [5.74, 6) is 1.30. The van der Waals surface area contributed by atoms with Crippen LogP contribution in [0.3, 0.4) is 0 Å². The molecule has 1 aromatic heterocycles. The van der Waals surface area contributed by atoms with Crippen LogP contribution in [0.25, 0.3) is 0 Å². The van der Waals surface area contributed by atoms with Crippen molar-refractivity contribution in [2.24, 2.45) is 0 Å². The van der Waals surface area contributed by atoms with Gasteiger partial charge in [0.1, 0.15) is 6.17 Å². The summed E-state index contributed by atoms with van der Waals surface area (Å²) in [4.78, 5) is 16.4. The van der Waals surface area contributed by atoms with Crippen molar-refractivity contribution >= 4 is 28.0 Å². The number of rotatable bonds is 5. The van der Waals surface area contributed by atoms with Gasteiger partial charge in [-0.2, -0.15) is 0 Å². The fourth-order valence-corrected chi connectivity index (χ4v) is 3.83. The largest absolute Gasteiger partial charge is 0.320 e. The van der Waals surface area contributed by atoms with E-state index >= 15 is 0 Å². The molecule has 0 radical (unpaired) electrons. The van der Waals surface area contributed by atoms with Crippen LogP contribution in [0.5, 0.6) is 0 Å². The summed E-state index contributed by atoms with van der Waals surface area (Å²) in [6, 6.07) is 3.96. The van der Waals surface area contributed by atoms with E-state index in [1.165, 1.54) is 4.88 Å². The minimum Gasteiger partial charge on any atom is -0.320 e. The molecule has 106 valence electrons. The lowest BCUT2D eigenvalue weighted by Crippen LogP contribution is -2.33. The van der Waals surface area contributed by atoms with E-state index in [1.807, 2.05) is 18.7 Å². The molecule has 0 aromatic carbocycles. The number of thiophene rings is 1. The van der Waals surface area contributed by atoms with E-state index in [1.54, 1.807) is 11.3 Å². The molecule has 6 heteroatoms. The van der Waals surface area contributed by atoms with E-state index in [4.69, 9.17) is 0 Å². The minimum atomic E-state index is -0.834. The van der Waals surface area contributed by atoms with Crippen molar-refractivity contribution in [3.8, 4) is 0 Å². The van der Waals surface area contributed by atoms with Gasteiger partial charge in [-0.15, -0.1) is 11.3 Å². The molecule has 1 aromatic rings. The highest BCUT2D eigenvalue weighted by Crippen LogP contribution is 2.30. The van der Waals surface area contributed by atoms with Crippen molar-refractivity contribution in [1.29, 1.82) is 0 Å². The molecule has 0 bridgehead atoms. The SMILES string of the molecule is CCS(=O)CCN1C(=O)C(C)NC1c1ccc(C)s1. The van der Waals surface area contributed by atoms with Gasteiger partial charge in [-0.1, -0.05) is 6.92 Å². The Kier molecular flexibility index (Phi) is 4.76. The molecular formula is C13H20N2O2S2. The molecule has 1 amide bonds. The number of hydrogen-bond acceptors (Lipinski definition) is 4. The lowest BCUT2D eigenvalue weighted by Gasteiger charge is -2.23. The van der Waals surface area contributed by atoms with E-state index < -0.39 is 10.8 Å². The molecule has 2 heterocycles. The highest BCUT2D eigenvalue weighted by Gasteiger charge is 2.37. The second kappa shape index (κ2) is 6.15. The number of carbonyl (C=O) groups excluding carboxylic acids is 1. The Morgan fingerprint density at radius 3 is 2.79 bits per heavy atom. The number of carbonyl (C=O) groups is 1. The van der Waals surface area contributed by atoms with Gasteiger partial charge in [-0.05, 0) is 26.0 Å². The van der Waals surface area contributed by atoms with Crippen molar-refractivity contribution in [2.75, 3.05) is 18.1 Å². The zero-order chi connectivity index (χ0) is 14.0. The topological polar surface area (TPSA) is 49.4 Å². The highest BCUT2D eigenvalue weighted by atomic mass is 32.2. The van der Waals surface area contributed by atoms with Gasteiger partial charge in [-0.3, -0.25) is 14.3 Å². The van der Waals surface area contributed by atoms with Gasteiger partial charge in [0.25, 0.3) is 0 Å². The van der Waals surface area contributed by atoms with Crippen molar-refractivity contribution in [2.45, 2.75) is 33.0 Å². The maximum absolute atomic E-state index is 12.2. The Labute approximate surface area is 120 Å². The maximum atomic E-state index is 12.2. The Bertz CT molecular complexity index is 487.